The summed E-state index contributed by atoms with van der Waals surface area (Å²) in [5.74, 6) is -0.469. The first kappa shape index (κ1) is 21.6. The highest BCUT2D eigenvalue weighted by Crippen LogP contribution is 2.24. The Morgan fingerprint density at radius 1 is 1.12 bits per heavy atom. The van der Waals surface area contributed by atoms with Crippen LogP contribution in [0.4, 0.5) is 0 Å². The van der Waals surface area contributed by atoms with Gasteiger partial charge in [0, 0.05) is 13.6 Å². The Kier molecular flexibility index (Phi) is 7.17. The molecule has 142 valence electrons. The zero-order valence-corrected chi connectivity index (χ0v) is 17.0. The molecular weight excluding hydrogens is 342 g/mol. The largest absolute Gasteiger partial charge is 0.458 e. The molecule has 25 heavy (non-hydrogen) atoms. The molecule has 0 aliphatic rings. The lowest BCUT2D eigenvalue weighted by Gasteiger charge is -2.21. The summed E-state index contributed by atoms with van der Waals surface area (Å²) in [6, 6.07) is 3.71. The molecule has 0 saturated carbocycles. The third-order valence-corrected chi connectivity index (χ3v) is 5.63. The third-order valence-electron chi connectivity index (χ3n) is 3.46. The van der Waals surface area contributed by atoms with Gasteiger partial charge in [-0.2, -0.15) is 4.31 Å². The van der Waals surface area contributed by atoms with Crippen LogP contribution >= 0.6 is 0 Å². The topological polar surface area (TPSA) is 72.9 Å². The molecular formula is C18H29NO5S. The molecule has 1 rings (SSSR count). The van der Waals surface area contributed by atoms with Gasteiger partial charge >= 0.3 is 5.97 Å². The zero-order chi connectivity index (χ0) is 19.4. The quantitative estimate of drug-likeness (QED) is 0.544. The molecule has 0 spiro atoms. The Balaban J connectivity index is 2.66. The van der Waals surface area contributed by atoms with Crippen LogP contribution in [-0.4, -0.2) is 51.1 Å². The van der Waals surface area contributed by atoms with E-state index in [0.29, 0.717) is 4.90 Å². The molecule has 0 aromatic heterocycles. The van der Waals surface area contributed by atoms with Gasteiger partial charge in [-0.05, 0) is 52.7 Å². The van der Waals surface area contributed by atoms with Crippen LogP contribution in [-0.2, 0) is 24.3 Å². The van der Waals surface area contributed by atoms with Gasteiger partial charge in [0.25, 0.3) is 0 Å². The fraction of sp³-hybridized carbons (Fsp3) is 0.611. The van der Waals surface area contributed by atoms with Crippen LogP contribution < -0.4 is 0 Å². The summed E-state index contributed by atoms with van der Waals surface area (Å²) >= 11 is 0. The molecule has 0 unspecified atom stereocenters. The number of aryl methyl sites for hydroxylation is 3. The summed E-state index contributed by atoms with van der Waals surface area (Å²) in [5.41, 5.74) is 1.90. The van der Waals surface area contributed by atoms with Crippen LogP contribution in [0.25, 0.3) is 0 Å². The minimum absolute atomic E-state index is 0.110. The molecule has 0 aliphatic carbocycles. The molecule has 0 saturated heterocycles. The number of sulfonamides is 1. The van der Waals surface area contributed by atoms with Crippen LogP contribution in [0.5, 0.6) is 0 Å². The van der Waals surface area contributed by atoms with Gasteiger partial charge in [-0.25, -0.2) is 13.2 Å². The van der Waals surface area contributed by atoms with Crippen molar-refractivity contribution in [3.63, 3.8) is 0 Å². The first-order chi connectivity index (χ1) is 11.3. The van der Waals surface area contributed by atoms with E-state index in [1.165, 1.54) is 11.4 Å². The number of likely N-dealkylation sites (N-methyl/N-ethyl adjacent to an activating group) is 1. The van der Waals surface area contributed by atoms with Crippen molar-refractivity contribution in [2.45, 2.75) is 52.0 Å². The number of ether oxygens (including phenoxy) is 2. The highest BCUT2D eigenvalue weighted by molar-refractivity contribution is 7.89. The van der Waals surface area contributed by atoms with Crippen molar-refractivity contribution in [3.8, 4) is 0 Å². The Labute approximate surface area is 151 Å². The van der Waals surface area contributed by atoms with Gasteiger partial charge in [0.1, 0.15) is 12.2 Å². The number of hydrogen-bond acceptors (Lipinski definition) is 5. The van der Waals surface area contributed by atoms with Gasteiger partial charge < -0.3 is 9.47 Å². The van der Waals surface area contributed by atoms with Gasteiger partial charge in [-0.3, -0.25) is 0 Å². The molecule has 0 atom stereocenters. The molecule has 0 fully saturated rings. The first-order valence-corrected chi connectivity index (χ1v) is 9.62. The number of hydrogen-bond donors (Lipinski definition) is 0. The van der Waals surface area contributed by atoms with Crippen molar-refractivity contribution in [2.24, 2.45) is 0 Å². The number of benzene rings is 1. The highest BCUT2D eigenvalue weighted by Gasteiger charge is 2.25. The SMILES string of the molecule is Cc1cc(C)c(S(=O)(=O)N(C)CCOCC(=O)OC(C)(C)C)c(C)c1. The molecule has 1 aromatic carbocycles. The zero-order valence-electron chi connectivity index (χ0n) is 16.2. The van der Waals surface area contributed by atoms with E-state index in [9.17, 15) is 13.2 Å². The second-order valence-corrected chi connectivity index (χ2v) is 9.18. The standard InChI is InChI=1S/C18H29NO5S/c1-13-10-14(2)17(15(3)11-13)25(21,22)19(7)8-9-23-12-16(20)24-18(4,5)6/h10-11H,8-9,12H2,1-7H3. The fourth-order valence-corrected chi connectivity index (χ4v) is 4.13. The Bertz CT molecular complexity index is 696. The van der Waals surface area contributed by atoms with Crippen LogP contribution in [0.1, 0.15) is 37.5 Å². The number of carbonyl (C=O) groups excluding carboxylic acids is 1. The summed E-state index contributed by atoms with van der Waals surface area (Å²) in [6.45, 7) is 10.9. The van der Waals surface area contributed by atoms with E-state index in [2.05, 4.69) is 0 Å². The van der Waals surface area contributed by atoms with E-state index in [1.807, 2.05) is 19.1 Å². The van der Waals surface area contributed by atoms with E-state index in [1.54, 1.807) is 34.6 Å². The molecule has 0 aliphatic heterocycles. The van der Waals surface area contributed by atoms with E-state index in [0.717, 1.165) is 16.7 Å². The minimum atomic E-state index is -3.61. The molecule has 0 heterocycles. The van der Waals surface area contributed by atoms with Gasteiger partial charge in [0.2, 0.25) is 10.0 Å². The Morgan fingerprint density at radius 3 is 2.12 bits per heavy atom. The van der Waals surface area contributed by atoms with Crippen LogP contribution in [0.2, 0.25) is 0 Å². The molecule has 6 nitrogen and oxygen atoms in total. The smallest absolute Gasteiger partial charge is 0.332 e. The molecule has 7 heteroatoms. The van der Waals surface area contributed by atoms with Crippen molar-refractivity contribution in [1.82, 2.24) is 4.31 Å². The predicted molar refractivity (Wildman–Crippen MR) is 97.1 cm³/mol. The molecule has 0 radical (unpaired) electrons. The maximum atomic E-state index is 12.8. The summed E-state index contributed by atoms with van der Waals surface area (Å²) < 4.78 is 37.2. The number of rotatable bonds is 7. The van der Waals surface area contributed by atoms with Crippen LogP contribution in [0.3, 0.4) is 0 Å². The van der Waals surface area contributed by atoms with Gasteiger partial charge in [0.15, 0.2) is 0 Å². The first-order valence-electron chi connectivity index (χ1n) is 8.18. The van der Waals surface area contributed by atoms with Crippen molar-refractivity contribution >= 4 is 16.0 Å². The minimum Gasteiger partial charge on any atom is -0.458 e. The van der Waals surface area contributed by atoms with E-state index in [-0.39, 0.29) is 19.8 Å². The van der Waals surface area contributed by atoms with Crippen molar-refractivity contribution in [2.75, 3.05) is 26.8 Å². The maximum Gasteiger partial charge on any atom is 0.332 e. The van der Waals surface area contributed by atoms with Gasteiger partial charge in [0.05, 0.1) is 11.5 Å². The Morgan fingerprint density at radius 2 is 1.64 bits per heavy atom. The molecule has 0 bridgehead atoms. The lowest BCUT2D eigenvalue weighted by Crippen LogP contribution is -2.32. The predicted octanol–water partition coefficient (Wildman–Crippen LogP) is 2.59. The number of carbonyl (C=O) groups is 1. The second-order valence-electron chi connectivity index (χ2n) is 7.19. The average molecular weight is 371 g/mol. The van der Waals surface area contributed by atoms with Crippen molar-refractivity contribution < 1.29 is 22.7 Å². The normalized spacial score (nSPS) is 12.5. The average Bonchev–Trinajstić information content (AvgIpc) is 2.39. The van der Waals surface area contributed by atoms with E-state index in [4.69, 9.17) is 9.47 Å². The van der Waals surface area contributed by atoms with Crippen LogP contribution in [0, 0.1) is 20.8 Å². The molecule has 1 aromatic rings. The number of esters is 1. The summed E-state index contributed by atoms with van der Waals surface area (Å²) in [6.07, 6.45) is 0. The van der Waals surface area contributed by atoms with E-state index >= 15 is 0 Å². The monoisotopic (exact) mass is 371 g/mol. The lowest BCUT2D eigenvalue weighted by molar-refractivity contribution is -0.160. The van der Waals surface area contributed by atoms with Crippen molar-refractivity contribution in [3.05, 3.63) is 28.8 Å². The fourth-order valence-electron chi connectivity index (χ4n) is 2.57. The maximum absolute atomic E-state index is 12.8. The number of nitrogens with zero attached hydrogens (tertiary/aromatic N) is 1. The summed E-state index contributed by atoms with van der Waals surface area (Å²) in [7, 11) is -2.10. The van der Waals surface area contributed by atoms with Gasteiger partial charge in [-0.15, -0.1) is 0 Å². The van der Waals surface area contributed by atoms with Gasteiger partial charge in [-0.1, -0.05) is 17.7 Å². The Hall–Kier alpha value is -1.44. The van der Waals surface area contributed by atoms with Crippen molar-refractivity contribution in [1.29, 1.82) is 0 Å². The summed E-state index contributed by atoms with van der Waals surface area (Å²) in [5, 5.41) is 0. The highest BCUT2D eigenvalue weighted by atomic mass is 32.2. The molecule has 0 N–H and O–H groups in total. The summed E-state index contributed by atoms with van der Waals surface area (Å²) in [4.78, 5) is 11.9. The van der Waals surface area contributed by atoms with E-state index < -0.39 is 21.6 Å². The second kappa shape index (κ2) is 8.29. The van der Waals surface area contributed by atoms with Crippen LogP contribution in [0.15, 0.2) is 17.0 Å². The molecule has 0 amide bonds. The third kappa shape index (κ3) is 6.41. The lowest BCUT2D eigenvalue weighted by atomic mass is 10.1.